The van der Waals surface area contributed by atoms with Crippen molar-refractivity contribution < 1.29 is 13.2 Å². The minimum absolute atomic E-state index is 0.0412. The molecule has 0 saturated carbocycles. The van der Waals surface area contributed by atoms with Crippen LogP contribution >= 0.6 is 11.8 Å². The van der Waals surface area contributed by atoms with E-state index in [0.717, 1.165) is 17.3 Å². The quantitative estimate of drug-likeness (QED) is 0.287. The maximum absolute atomic E-state index is 12.4. The number of aryl methyl sites for hydroxylation is 1. The van der Waals surface area contributed by atoms with E-state index in [1.807, 2.05) is 31.2 Å². The van der Waals surface area contributed by atoms with E-state index < -0.39 is 15.6 Å². The zero-order valence-electron chi connectivity index (χ0n) is 16.8. The van der Waals surface area contributed by atoms with Crippen LogP contribution in [0.15, 0.2) is 69.6 Å². The highest BCUT2D eigenvalue weighted by atomic mass is 32.2. The average molecular weight is 471 g/mol. The lowest BCUT2D eigenvalue weighted by Gasteiger charge is -2.06. The van der Waals surface area contributed by atoms with Gasteiger partial charge in [-0.15, -0.1) is 0 Å². The number of benzene rings is 2. The molecule has 10 nitrogen and oxygen atoms in total. The number of aromatic amines is 1. The van der Waals surface area contributed by atoms with Crippen LogP contribution in [0.25, 0.3) is 16.7 Å². The zero-order valence-corrected chi connectivity index (χ0v) is 18.4. The molecule has 0 aliphatic carbocycles. The number of nitrogens with two attached hydrogens (primary N) is 1. The van der Waals surface area contributed by atoms with Gasteiger partial charge < -0.3 is 10.3 Å². The van der Waals surface area contributed by atoms with Gasteiger partial charge in [0.1, 0.15) is 5.39 Å². The Labute approximate surface area is 186 Å². The number of H-pyrrole nitrogens is 1. The van der Waals surface area contributed by atoms with Crippen LogP contribution in [0, 0.1) is 6.92 Å². The number of primary sulfonamides is 1. The minimum atomic E-state index is -3.83. The molecule has 4 aromatic rings. The molecule has 2 aromatic carbocycles. The van der Waals surface area contributed by atoms with Crippen molar-refractivity contribution in [2.45, 2.75) is 17.0 Å². The van der Waals surface area contributed by atoms with Gasteiger partial charge in [0.15, 0.2) is 10.8 Å². The van der Waals surface area contributed by atoms with E-state index in [-0.39, 0.29) is 32.7 Å². The molecule has 4 N–H and O–H groups in total. The van der Waals surface area contributed by atoms with Crippen molar-refractivity contribution in [1.82, 2.24) is 19.7 Å². The van der Waals surface area contributed by atoms with E-state index in [0.29, 0.717) is 11.4 Å². The summed E-state index contributed by atoms with van der Waals surface area (Å²) in [5, 5.41) is 12.6. The second-order valence-corrected chi connectivity index (χ2v) is 9.43. The second kappa shape index (κ2) is 8.57. The Morgan fingerprint density at radius 1 is 1.16 bits per heavy atom. The number of rotatable bonds is 6. The summed E-state index contributed by atoms with van der Waals surface area (Å²) in [6.07, 6.45) is 1.37. The summed E-state index contributed by atoms with van der Waals surface area (Å²) in [6, 6.07) is 13.1. The first kappa shape index (κ1) is 21.7. The molecule has 1 amide bonds. The highest BCUT2D eigenvalue weighted by molar-refractivity contribution is 7.99. The lowest BCUT2D eigenvalue weighted by molar-refractivity contribution is -0.113. The van der Waals surface area contributed by atoms with Crippen LogP contribution in [-0.4, -0.2) is 39.8 Å². The number of carbonyl (C=O) groups excluding carboxylic acids is 1. The molecule has 32 heavy (non-hydrogen) atoms. The number of anilines is 1. The Kier molecular flexibility index (Phi) is 5.82. The van der Waals surface area contributed by atoms with Crippen molar-refractivity contribution in [3.05, 3.63) is 70.6 Å². The van der Waals surface area contributed by atoms with Crippen LogP contribution in [0.4, 0.5) is 5.69 Å². The van der Waals surface area contributed by atoms with E-state index in [4.69, 9.17) is 5.14 Å². The molecule has 0 aliphatic heterocycles. The molecule has 0 fully saturated rings. The molecular formula is C20H18N6O4S2. The third-order valence-electron chi connectivity index (χ3n) is 4.50. The Balaban J connectivity index is 1.55. The lowest BCUT2D eigenvalue weighted by atomic mass is 10.2. The van der Waals surface area contributed by atoms with E-state index in [9.17, 15) is 18.0 Å². The smallest absolute Gasteiger partial charge is 0.262 e. The van der Waals surface area contributed by atoms with Crippen molar-refractivity contribution in [3.63, 3.8) is 0 Å². The maximum Gasteiger partial charge on any atom is 0.262 e. The molecule has 0 radical (unpaired) electrons. The number of aromatic nitrogens is 4. The fraction of sp³-hybridized carbons (Fsp3) is 0.100. The van der Waals surface area contributed by atoms with Crippen molar-refractivity contribution in [1.29, 1.82) is 0 Å². The summed E-state index contributed by atoms with van der Waals surface area (Å²) in [6.45, 7) is 1.96. The van der Waals surface area contributed by atoms with Crippen molar-refractivity contribution >= 4 is 44.4 Å². The summed E-state index contributed by atoms with van der Waals surface area (Å²) in [4.78, 5) is 31.7. The normalized spacial score (nSPS) is 11.6. The average Bonchev–Trinajstić information content (AvgIpc) is 3.18. The van der Waals surface area contributed by atoms with Crippen LogP contribution in [0.1, 0.15) is 5.56 Å². The summed E-state index contributed by atoms with van der Waals surface area (Å²) in [7, 11) is -3.83. The van der Waals surface area contributed by atoms with Crippen LogP contribution in [0.2, 0.25) is 0 Å². The van der Waals surface area contributed by atoms with Crippen LogP contribution in [0.5, 0.6) is 0 Å². The van der Waals surface area contributed by atoms with E-state index >= 15 is 0 Å². The fourth-order valence-corrected chi connectivity index (χ4v) is 4.07. The Hall–Kier alpha value is -3.48. The molecule has 164 valence electrons. The number of fused-ring (bicyclic) bond motifs is 1. The molecule has 2 heterocycles. The first-order chi connectivity index (χ1) is 15.2. The van der Waals surface area contributed by atoms with E-state index in [1.165, 1.54) is 35.1 Å². The molecule has 2 aromatic heterocycles. The van der Waals surface area contributed by atoms with Gasteiger partial charge in [0.05, 0.1) is 22.5 Å². The highest BCUT2D eigenvalue weighted by Gasteiger charge is 2.14. The van der Waals surface area contributed by atoms with Crippen LogP contribution in [0.3, 0.4) is 0 Å². The number of hydrogen-bond acceptors (Lipinski definition) is 7. The van der Waals surface area contributed by atoms with Crippen LogP contribution in [-0.2, 0) is 14.8 Å². The minimum Gasteiger partial charge on any atom is -0.325 e. The Bertz CT molecular complexity index is 1460. The van der Waals surface area contributed by atoms with Gasteiger partial charge in [-0.25, -0.2) is 23.2 Å². The van der Waals surface area contributed by atoms with Gasteiger partial charge in [0.25, 0.3) is 5.56 Å². The number of nitrogens with zero attached hydrogens (tertiary/aromatic N) is 3. The molecule has 0 saturated heterocycles. The van der Waals surface area contributed by atoms with Crippen molar-refractivity contribution in [2.24, 2.45) is 5.14 Å². The van der Waals surface area contributed by atoms with E-state index in [2.05, 4.69) is 20.4 Å². The van der Waals surface area contributed by atoms with Gasteiger partial charge in [-0.1, -0.05) is 29.5 Å². The molecule has 12 heteroatoms. The number of nitrogens with one attached hydrogen (secondary N) is 2. The molecule has 0 unspecified atom stereocenters. The van der Waals surface area contributed by atoms with Crippen molar-refractivity contribution in [2.75, 3.05) is 11.1 Å². The zero-order chi connectivity index (χ0) is 22.9. The maximum atomic E-state index is 12.4. The predicted octanol–water partition coefficient (Wildman–Crippen LogP) is 1.80. The van der Waals surface area contributed by atoms with Gasteiger partial charge in [0.2, 0.25) is 15.9 Å². The number of amides is 1. The summed E-state index contributed by atoms with van der Waals surface area (Å²) >= 11 is 1.08. The lowest BCUT2D eigenvalue weighted by Crippen LogP contribution is -2.15. The number of thioether (sulfide) groups is 1. The first-order valence-electron chi connectivity index (χ1n) is 9.31. The topological polar surface area (TPSA) is 153 Å². The van der Waals surface area contributed by atoms with Gasteiger partial charge in [-0.2, -0.15) is 5.10 Å². The van der Waals surface area contributed by atoms with Gasteiger partial charge in [-0.05, 0) is 43.3 Å². The van der Waals surface area contributed by atoms with Gasteiger partial charge in [-0.3, -0.25) is 9.59 Å². The van der Waals surface area contributed by atoms with Crippen molar-refractivity contribution in [3.8, 4) is 5.69 Å². The largest absolute Gasteiger partial charge is 0.325 e. The molecule has 4 rings (SSSR count). The van der Waals surface area contributed by atoms with E-state index in [1.54, 1.807) is 0 Å². The Morgan fingerprint density at radius 2 is 1.84 bits per heavy atom. The summed E-state index contributed by atoms with van der Waals surface area (Å²) in [5.74, 6) is -0.201. The molecule has 0 atom stereocenters. The molecular weight excluding hydrogens is 452 g/mol. The molecule has 0 aliphatic rings. The highest BCUT2D eigenvalue weighted by Crippen LogP contribution is 2.19. The Morgan fingerprint density at radius 3 is 2.50 bits per heavy atom. The number of carbonyl (C=O) groups is 1. The second-order valence-electron chi connectivity index (χ2n) is 6.91. The number of sulfonamides is 1. The third-order valence-corrected chi connectivity index (χ3v) is 6.30. The SMILES string of the molecule is Cc1ccc(NC(=O)CSc2nc3c(cnn3-c3ccc(S(N)(=O)=O)cc3)c(=O)[nH]2)cc1. The molecule has 0 spiro atoms. The summed E-state index contributed by atoms with van der Waals surface area (Å²) < 4.78 is 24.3. The fourth-order valence-electron chi connectivity index (χ4n) is 2.90. The first-order valence-corrected chi connectivity index (χ1v) is 11.8. The van der Waals surface area contributed by atoms with Gasteiger partial charge >= 0.3 is 0 Å². The molecule has 0 bridgehead atoms. The standard InChI is InChI=1S/C20H18N6O4S2/c1-12-2-4-13(5-3-12)23-17(27)11-31-20-24-18-16(19(28)25-20)10-22-26(18)14-6-8-15(9-7-14)32(21,29)30/h2-10H,11H2,1H3,(H,23,27)(H2,21,29,30)(H,24,25,28). The predicted molar refractivity (Wildman–Crippen MR) is 121 cm³/mol. The monoisotopic (exact) mass is 470 g/mol. The third kappa shape index (κ3) is 4.72. The van der Waals surface area contributed by atoms with Crippen LogP contribution < -0.4 is 16.0 Å². The number of hydrogen-bond donors (Lipinski definition) is 3. The van der Waals surface area contributed by atoms with Gasteiger partial charge in [0, 0.05) is 5.69 Å². The summed E-state index contributed by atoms with van der Waals surface area (Å²) in [5.41, 5.74) is 2.14.